The number of hydrogen-bond donors (Lipinski definition) is 1. The van der Waals surface area contributed by atoms with Crippen LogP contribution in [-0.2, 0) is 14.4 Å². The quantitative estimate of drug-likeness (QED) is 0.438. The molecular formula is C19H23ClN2O3S. The van der Waals surface area contributed by atoms with Crippen molar-refractivity contribution in [1.29, 1.82) is 0 Å². The van der Waals surface area contributed by atoms with E-state index in [4.69, 9.17) is 11.6 Å². The second-order valence-corrected chi connectivity index (χ2v) is 8.33. The Morgan fingerprint density at radius 1 is 1.12 bits per heavy atom. The van der Waals surface area contributed by atoms with Gasteiger partial charge in [0.15, 0.2) is 0 Å². The van der Waals surface area contributed by atoms with E-state index in [0.29, 0.717) is 11.6 Å². The maximum absolute atomic E-state index is 12.4. The van der Waals surface area contributed by atoms with E-state index in [0.717, 1.165) is 36.3 Å². The number of carbonyl (C=O) groups is 3. The van der Waals surface area contributed by atoms with E-state index >= 15 is 0 Å². The first-order valence-corrected chi connectivity index (χ1v) is 10.4. The highest BCUT2D eigenvalue weighted by Gasteiger charge is 2.47. The standard InChI is InChI=1S/C19H23ClN2O3S/c20-13-5-7-14(8-6-13)26-12-10-21-17(23)9-11-22-18(24)15-3-1-2-4-16(15)19(22)25/h5-8,15-16H,1-4,9-12H2,(H,21,23)/t15-,16+. The fourth-order valence-corrected chi connectivity index (χ4v) is 4.54. The van der Waals surface area contributed by atoms with Crippen LogP contribution < -0.4 is 5.32 Å². The maximum Gasteiger partial charge on any atom is 0.233 e. The van der Waals surface area contributed by atoms with Crippen LogP contribution in [0.3, 0.4) is 0 Å². The first kappa shape index (κ1) is 19.2. The molecule has 1 saturated carbocycles. The third kappa shape index (κ3) is 4.60. The Morgan fingerprint density at radius 3 is 2.35 bits per heavy atom. The van der Waals surface area contributed by atoms with E-state index in [2.05, 4.69) is 5.32 Å². The average Bonchev–Trinajstić information content (AvgIpc) is 2.89. The van der Waals surface area contributed by atoms with Gasteiger partial charge in [0.05, 0.1) is 11.8 Å². The molecule has 3 rings (SSSR count). The molecule has 2 aliphatic rings. The zero-order valence-electron chi connectivity index (χ0n) is 14.6. The number of imide groups is 1. The number of rotatable bonds is 7. The fraction of sp³-hybridized carbons (Fsp3) is 0.526. The molecule has 26 heavy (non-hydrogen) atoms. The monoisotopic (exact) mass is 394 g/mol. The molecule has 140 valence electrons. The summed E-state index contributed by atoms with van der Waals surface area (Å²) in [5, 5.41) is 3.55. The Morgan fingerprint density at radius 2 is 1.73 bits per heavy atom. The number of amides is 3. The number of likely N-dealkylation sites (tertiary alicyclic amines) is 1. The van der Waals surface area contributed by atoms with Crippen LogP contribution >= 0.6 is 23.4 Å². The normalized spacial score (nSPS) is 22.4. The molecule has 1 saturated heterocycles. The Hall–Kier alpha value is -1.53. The summed E-state index contributed by atoms with van der Waals surface area (Å²) in [5.41, 5.74) is 0. The van der Waals surface area contributed by atoms with Gasteiger partial charge >= 0.3 is 0 Å². The summed E-state index contributed by atoms with van der Waals surface area (Å²) < 4.78 is 0. The Bertz CT molecular complexity index is 656. The lowest BCUT2D eigenvalue weighted by molar-refractivity contribution is -0.140. The number of halogens is 1. The smallest absolute Gasteiger partial charge is 0.233 e. The van der Waals surface area contributed by atoms with Crippen molar-refractivity contribution < 1.29 is 14.4 Å². The van der Waals surface area contributed by atoms with Gasteiger partial charge in [0.2, 0.25) is 17.7 Å². The molecule has 2 atom stereocenters. The number of benzene rings is 1. The van der Waals surface area contributed by atoms with Crippen LogP contribution in [-0.4, -0.2) is 41.5 Å². The number of nitrogens with one attached hydrogen (secondary N) is 1. The van der Waals surface area contributed by atoms with Crippen LogP contribution in [0, 0.1) is 11.8 Å². The van der Waals surface area contributed by atoms with Crippen LogP contribution in [0.5, 0.6) is 0 Å². The molecule has 1 aliphatic heterocycles. The molecule has 2 fully saturated rings. The minimum absolute atomic E-state index is 0.0780. The zero-order valence-corrected chi connectivity index (χ0v) is 16.2. The number of fused-ring (bicyclic) bond motifs is 1. The summed E-state index contributed by atoms with van der Waals surface area (Å²) in [7, 11) is 0. The Labute approximate surface area is 162 Å². The molecule has 1 aromatic rings. The average molecular weight is 395 g/mol. The first-order valence-electron chi connectivity index (χ1n) is 9.06. The number of hydrogen-bond acceptors (Lipinski definition) is 4. The lowest BCUT2D eigenvalue weighted by Crippen LogP contribution is -2.35. The third-order valence-corrected chi connectivity index (χ3v) is 6.27. The summed E-state index contributed by atoms with van der Waals surface area (Å²) in [6, 6.07) is 7.56. The van der Waals surface area contributed by atoms with Gasteiger partial charge in [-0.05, 0) is 37.1 Å². The molecule has 0 bridgehead atoms. The van der Waals surface area contributed by atoms with E-state index < -0.39 is 0 Å². The van der Waals surface area contributed by atoms with Crippen molar-refractivity contribution in [1.82, 2.24) is 10.2 Å². The SMILES string of the molecule is O=C(CCN1C(=O)[C@H]2CCCC[C@H]2C1=O)NCCSc1ccc(Cl)cc1. The molecule has 0 spiro atoms. The molecule has 0 unspecified atom stereocenters. The highest BCUT2D eigenvalue weighted by atomic mass is 35.5. The third-order valence-electron chi connectivity index (χ3n) is 5.00. The van der Waals surface area contributed by atoms with E-state index in [1.54, 1.807) is 11.8 Å². The maximum atomic E-state index is 12.4. The van der Waals surface area contributed by atoms with Gasteiger partial charge in [-0.1, -0.05) is 24.4 Å². The summed E-state index contributed by atoms with van der Waals surface area (Å²) in [4.78, 5) is 39.1. The van der Waals surface area contributed by atoms with E-state index in [1.807, 2.05) is 24.3 Å². The van der Waals surface area contributed by atoms with E-state index in [-0.39, 0.29) is 42.5 Å². The van der Waals surface area contributed by atoms with Gasteiger partial charge in [-0.3, -0.25) is 19.3 Å². The summed E-state index contributed by atoms with van der Waals surface area (Å²) in [6.07, 6.45) is 3.81. The molecule has 1 aromatic carbocycles. The molecule has 1 N–H and O–H groups in total. The summed E-state index contributed by atoms with van der Waals surface area (Å²) in [5.74, 6) is 0.179. The van der Waals surface area contributed by atoms with Crippen LogP contribution in [0.15, 0.2) is 29.2 Å². The van der Waals surface area contributed by atoms with Crippen molar-refractivity contribution in [3.05, 3.63) is 29.3 Å². The van der Waals surface area contributed by atoms with Gasteiger partial charge in [0, 0.05) is 35.2 Å². The molecular weight excluding hydrogens is 372 g/mol. The lowest BCUT2D eigenvalue weighted by Gasteiger charge is -2.19. The van der Waals surface area contributed by atoms with Crippen molar-refractivity contribution >= 4 is 41.1 Å². The van der Waals surface area contributed by atoms with Crippen LogP contribution in [0.4, 0.5) is 0 Å². The minimum Gasteiger partial charge on any atom is -0.355 e. The van der Waals surface area contributed by atoms with Gasteiger partial charge in [-0.25, -0.2) is 0 Å². The van der Waals surface area contributed by atoms with Crippen molar-refractivity contribution in [3.63, 3.8) is 0 Å². The predicted octanol–water partition coefficient (Wildman–Crippen LogP) is 3.11. The molecule has 5 nitrogen and oxygen atoms in total. The number of carbonyl (C=O) groups excluding carboxylic acids is 3. The van der Waals surface area contributed by atoms with Crippen molar-refractivity contribution in [3.8, 4) is 0 Å². The van der Waals surface area contributed by atoms with Crippen molar-refractivity contribution in [2.24, 2.45) is 11.8 Å². The van der Waals surface area contributed by atoms with Gasteiger partial charge in [-0.15, -0.1) is 11.8 Å². The number of thioether (sulfide) groups is 1. The van der Waals surface area contributed by atoms with Gasteiger partial charge in [0.25, 0.3) is 0 Å². The van der Waals surface area contributed by atoms with Crippen LogP contribution in [0.25, 0.3) is 0 Å². The Kier molecular flexibility index (Phi) is 6.59. The Balaban J connectivity index is 1.37. The number of nitrogens with zero attached hydrogens (tertiary/aromatic N) is 1. The molecule has 0 radical (unpaired) electrons. The minimum atomic E-state index is -0.143. The van der Waals surface area contributed by atoms with Crippen molar-refractivity contribution in [2.45, 2.75) is 37.0 Å². The van der Waals surface area contributed by atoms with Crippen LogP contribution in [0.2, 0.25) is 5.02 Å². The molecule has 3 amide bonds. The van der Waals surface area contributed by atoms with Gasteiger partial charge < -0.3 is 5.32 Å². The second kappa shape index (κ2) is 8.91. The second-order valence-electron chi connectivity index (χ2n) is 6.73. The molecule has 1 heterocycles. The highest BCUT2D eigenvalue weighted by Crippen LogP contribution is 2.37. The van der Waals surface area contributed by atoms with Crippen molar-refractivity contribution in [2.75, 3.05) is 18.8 Å². The van der Waals surface area contributed by atoms with E-state index in [9.17, 15) is 14.4 Å². The van der Waals surface area contributed by atoms with E-state index in [1.165, 1.54) is 4.90 Å². The zero-order chi connectivity index (χ0) is 18.5. The topological polar surface area (TPSA) is 66.5 Å². The van der Waals surface area contributed by atoms with Crippen LogP contribution in [0.1, 0.15) is 32.1 Å². The summed E-state index contributed by atoms with van der Waals surface area (Å²) in [6.45, 7) is 0.736. The predicted molar refractivity (Wildman–Crippen MR) is 102 cm³/mol. The molecule has 1 aliphatic carbocycles. The highest BCUT2D eigenvalue weighted by molar-refractivity contribution is 7.99. The van der Waals surface area contributed by atoms with Gasteiger partial charge in [0.1, 0.15) is 0 Å². The van der Waals surface area contributed by atoms with Gasteiger partial charge in [-0.2, -0.15) is 0 Å². The summed E-state index contributed by atoms with van der Waals surface area (Å²) >= 11 is 7.48. The molecule has 0 aromatic heterocycles. The lowest BCUT2D eigenvalue weighted by atomic mass is 9.81. The first-order chi connectivity index (χ1) is 12.6. The largest absolute Gasteiger partial charge is 0.355 e. The fourth-order valence-electron chi connectivity index (χ4n) is 3.64. The molecule has 7 heteroatoms.